The van der Waals surface area contributed by atoms with Gasteiger partial charge in [0, 0.05) is 30.7 Å². The van der Waals surface area contributed by atoms with Crippen molar-refractivity contribution in [3.05, 3.63) is 30.0 Å². The molecule has 1 aromatic heterocycles. The summed E-state index contributed by atoms with van der Waals surface area (Å²) in [6, 6.07) is 6.03. The molecule has 4 nitrogen and oxygen atoms in total. The Bertz CT molecular complexity index is 587. The first kappa shape index (κ1) is 13.5. The molecule has 2 aromatic rings. The van der Waals surface area contributed by atoms with Crippen molar-refractivity contribution in [3.63, 3.8) is 0 Å². The van der Waals surface area contributed by atoms with Crippen LogP contribution in [0.15, 0.2) is 24.4 Å². The molecule has 0 aliphatic heterocycles. The highest BCUT2D eigenvalue weighted by Crippen LogP contribution is 2.24. The Morgan fingerprint density at radius 3 is 2.95 bits per heavy atom. The quantitative estimate of drug-likeness (QED) is 0.664. The van der Waals surface area contributed by atoms with E-state index in [4.69, 9.17) is 10.5 Å². The van der Waals surface area contributed by atoms with Crippen molar-refractivity contribution in [1.29, 1.82) is 0 Å². The molecule has 0 aliphatic rings. The third kappa shape index (κ3) is 3.08. The molecule has 0 saturated heterocycles. The monoisotopic (exact) mass is 260 g/mol. The van der Waals surface area contributed by atoms with Gasteiger partial charge in [-0.1, -0.05) is 0 Å². The van der Waals surface area contributed by atoms with Crippen LogP contribution in [0.25, 0.3) is 10.9 Å². The van der Waals surface area contributed by atoms with E-state index in [0.717, 1.165) is 23.9 Å². The lowest BCUT2D eigenvalue weighted by Gasteiger charge is -2.08. The lowest BCUT2D eigenvalue weighted by Crippen LogP contribution is -2.04. The number of nitrogen functional groups attached to an aromatic ring is 1. The number of fused-ring (bicyclic) bond motifs is 1. The van der Waals surface area contributed by atoms with Crippen molar-refractivity contribution >= 4 is 22.6 Å². The van der Waals surface area contributed by atoms with E-state index in [9.17, 15) is 4.79 Å². The molecule has 0 spiro atoms. The van der Waals surface area contributed by atoms with E-state index in [0.29, 0.717) is 13.0 Å². The molecular formula is C15H20N2O2. The Kier molecular flexibility index (Phi) is 4.10. The van der Waals surface area contributed by atoms with E-state index in [1.165, 1.54) is 11.1 Å². The van der Waals surface area contributed by atoms with E-state index in [1.54, 1.807) is 0 Å². The molecule has 2 rings (SSSR count). The van der Waals surface area contributed by atoms with Crippen LogP contribution < -0.4 is 5.73 Å². The topological polar surface area (TPSA) is 57.2 Å². The standard InChI is InChI=1S/C15H20N2O2/c1-3-19-14(18)6-4-5-11-9-13(16)10-12-7-8-17(2)15(11)12/h7-10H,3-6,16H2,1-2H3. The molecule has 0 aliphatic carbocycles. The zero-order valence-corrected chi connectivity index (χ0v) is 11.5. The highest BCUT2D eigenvalue weighted by molar-refractivity contribution is 5.86. The van der Waals surface area contributed by atoms with Crippen LogP contribution >= 0.6 is 0 Å². The van der Waals surface area contributed by atoms with Crippen LogP contribution in [0.1, 0.15) is 25.3 Å². The minimum atomic E-state index is -0.130. The predicted molar refractivity (Wildman–Crippen MR) is 76.9 cm³/mol. The smallest absolute Gasteiger partial charge is 0.305 e. The third-order valence-corrected chi connectivity index (χ3v) is 3.20. The first-order valence-corrected chi connectivity index (χ1v) is 6.61. The summed E-state index contributed by atoms with van der Waals surface area (Å²) in [4.78, 5) is 11.3. The number of aryl methyl sites for hydroxylation is 2. The Morgan fingerprint density at radius 1 is 1.42 bits per heavy atom. The van der Waals surface area contributed by atoms with Crippen LogP contribution in [-0.4, -0.2) is 17.1 Å². The van der Waals surface area contributed by atoms with Gasteiger partial charge in [-0.15, -0.1) is 0 Å². The van der Waals surface area contributed by atoms with Crippen LogP contribution in [0.3, 0.4) is 0 Å². The van der Waals surface area contributed by atoms with Crippen LogP contribution in [0.5, 0.6) is 0 Å². The number of esters is 1. The molecule has 0 unspecified atom stereocenters. The van der Waals surface area contributed by atoms with Gasteiger partial charge in [0.1, 0.15) is 0 Å². The first-order chi connectivity index (χ1) is 9.11. The number of aromatic nitrogens is 1. The van der Waals surface area contributed by atoms with Gasteiger partial charge in [0.25, 0.3) is 0 Å². The second-order valence-electron chi connectivity index (χ2n) is 4.70. The molecule has 0 fully saturated rings. The summed E-state index contributed by atoms with van der Waals surface area (Å²) >= 11 is 0. The van der Waals surface area contributed by atoms with Crippen molar-refractivity contribution in [1.82, 2.24) is 4.57 Å². The molecule has 0 saturated carbocycles. The van der Waals surface area contributed by atoms with E-state index in [-0.39, 0.29) is 5.97 Å². The Labute approximate surface area is 113 Å². The molecule has 0 radical (unpaired) electrons. The molecule has 0 bridgehead atoms. The fourth-order valence-electron chi connectivity index (χ4n) is 2.42. The number of benzene rings is 1. The Balaban J connectivity index is 2.11. The number of hydrogen-bond donors (Lipinski definition) is 1. The van der Waals surface area contributed by atoms with Gasteiger partial charge in [-0.25, -0.2) is 0 Å². The summed E-state index contributed by atoms with van der Waals surface area (Å²) in [7, 11) is 2.02. The largest absolute Gasteiger partial charge is 0.466 e. The number of hydrogen-bond acceptors (Lipinski definition) is 3. The van der Waals surface area contributed by atoms with Gasteiger partial charge in [-0.3, -0.25) is 4.79 Å². The van der Waals surface area contributed by atoms with Gasteiger partial charge in [0.05, 0.1) is 12.1 Å². The van der Waals surface area contributed by atoms with Crippen LogP contribution in [-0.2, 0) is 23.0 Å². The molecule has 19 heavy (non-hydrogen) atoms. The molecular weight excluding hydrogens is 240 g/mol. The normalized spacial score (nSPS) is 10.8. The van der Waals surface area contributed by atoms with E-state index < -0.39 is 0 Å². The van der Waals surface area contributed by atoms with Crippen molar-refractivity contribution in [3.8, 4) is 0 Å². The number of carbonyl (C=O) groups excluding carboxylic acids is 1. The highest BCUT2D eigenvalue weighted by Gasteiger charge is 2.08. The van der Waals surface area contributed by atoms with Crippen molar-refractivity contribution in [2.75, 3.05) is 12.3 Å². The molecule has 1 heterocycles. The summed E-state index contributed by atoms with van der Waals surface area (Å²) in [6.07, 6.45) is 4.09. The van der Waals surface area contributed by atoms with Crippen LogP contribution in [0, 0.1) is 0 Å². The highest BCUT2D eigenvalue weighted by atomic mass is 16.5. The molecule has 0 amide bonds. The summed E-state index contributed by atoms with van der Waals surface area (Å²) in [5, 5.41) is 1.15. The summed E-state index contributed by atoms with van der Waals surface area (Å²) < 4.78 is 7.02. The second kappa shape index (κ2) is 5.78. The fraction of sp³-hybridized carbons (Fsp3) is 0.400. The summed E-state index contributed by atoms with van der Waals surface area (Å²) in [5.74, 6) is -0.130. The van der Waals surface area contributed by atoms with Gasteiger partial charge in [0.2, 0.25) is 0 Å². The average molecular weight is 260 g/mol. The van der Waals surface area contributed by atoms with E-state index in [1.807, 2.05) is 32.3 Å². The minimum Gasteiger partial charge on any atom is -0.466 e. The number of ether oxygens (including phenoxy) is 1. The summed E-state index contributed by atoms with van der Waals surface area (Å²) in [5.41, 5.74) is 9.06. The molecule has 1 aromatic carbocycles. The third-order valence-electron chi connectivity index (χ3n) is 3.20. The number of nitrogens with zero attached hydrogens (tertiary/aromatic N) is 1. The predicted octanol–water partition coefficient (Wildman–Crippen LogP) is 2.65. The number of rotatable bonds is 5. The van der Waals surface area contributed by atoms with E-state index in [2.05, 4.69) is 10.6 Å². The van der Waals surface area contributed by atoms with Gasteiger partial charge in [-0.2, -0.15) is 0 Å². The van der Waals surface area contributed by atoms with Gasteiger partial charge < -0.3 is 15.0 Å². The maximum Gasteiger partial charge on any atom is 0.305 e. The van der Waals surface area contributed by atoms with Crippen molar-refractivity contribution in [2.45, 2.75) is 26.2 Å². The maximum atomic E-state index is 11.3. The van der Waals surface area contributed by atoms with Crippen LogP contribution in [0.2, 0.25) is 0 Å². The first-order valence-electron chi connectivity index (χ1n) is 6.61. The maximum absolute atomic E-state index is 11.3. The lowest BCUT2D eigenvalue weighted by atomic mass is 10.0. The number of nitrogens with two attached hydrogens (primary N) is 1. The minimum absolute atomic E-state index is 0.130. The number of carbonyl (C=O) groups is 1. The fourth-order valence-corrected chi connectivity index (χ4v) is 2.42. The molecule has 4 heteroatoms. The molecule has 102 valence electrons. The van der Waals surface area contributed by atoms with E-state index >= 15 is 0 Å². The number of anilines is 1. The molecule has 2 N–H and O–H groups in total. The van der Waals surface area contributed by atoms with Gasteiger partial charge >= 0.3 is 5.97 Å². The van der Waals surface area contributed by atoms with Gasteiger partial charge in [0.15, 0.2) is 0 Å². The SMILES string of the molecule is CCOC(=O)CCCc1cc(N)cc2ccn(C)c12. The zero-order chi connectivity index (χ0) is 13.8. The second-order valence-corrected chi connectivity index (χ2v) is 4.70. The molecule has 0 atom stereocenters. The Hall–Kier alpha value is -1.97. The lowest BCUT2D eigenvalue weighted by molar-refractivity contribution is -0.143. The Morgan fingerprint density at radius 2 is 2.21 bits per heavy atom. The van der Waals surface area contributed by atoms with Crippen molar-refractivity contribution < 1.29 is 9.53 Å². The summed E-state index contributed by atoms with van der Waals surface area (Å²) in [6.45, 7) is 2.27. The average Bonchev–Trinajstić information content (AvgIpc) is 2.71. The van der Waals surface area contributed by atoms with Crippen LogP contribution in [0.4, 0.5) is 5.69 Å². The van der Waals surface area contributed by atoms with Gasteiger partial charge in [-0.05, 0) is 43.5 Å². The zero-order valence-electron chi connectivity index (χ0n) is 11.5. The van der Waals surface area contributed by atoms with Crippen molar-refractivity contribution in [2.24, 2.45) is 7.05 Å².